The lowest BCUT2D eigenvalue weighted by atomic mass is 9.99. The third kappa shape index (κ3) is 4.04. The second kappa shape index (κ2) is 8.05. The Labute approximate surface area is 187 Å². The fraction of sp³-hybridized carbons (Fsp3) is 0.136. The summed E-state index contributed by atoms with van der Waals surface area (Å²) >= 11 is 6.98. The SMILES string of the molecule is Cc1ccccc1S(=O)(=O)N1N=C(c2cccc(Br)c2)C[C@@H]1c1cccc(Br)c1. The number of nitrogens with zero attached hydrogens (tertiary/aromatic N) is 2. The fourth-order valence-corrected chi connectivity index (χ4v) is 5.94. The van der Waals surface area contributed by atoms with E-state index >= 15 is 0 Å². The Balaban J connectivity index is 1.84. The van der Waals surface area contributed by atoms with Gasteiger partial charge in [0.25, 0.3) is 10.0 Å². The highest BCUT2D eigenvalue weighted by Gasteiger charge is 2.38. The standard InChI is InChI=1S/C22H18Br2N2O2S/c1-15-6-2-3-11-22(15)29(27,28)26-21(17-8-5-10-19(24)13-17)14-20(25-26)16-7-4-9-18(23)12-16/h2-13,21H,14H2,1H3/t21-/m1/s1. The number of hydrazone groups is 1. The highest BCUT2D eigenvalue weighted by atomic mass is 79.9. The summed E-state index contributed by atoms with van der Waals surface area (Å²) in [5, 5.41) is 4.60. The zero-order valence-corrected chi connectivity index (χ0v) is 19.6. The zero-order chi connectivity index (χ0) is 20.6. The van der Waals surface area contributed by atoms with Crippen LogP contribution in [0, 0.1) is 6.92 Å². The molecule has 1 aliphatic heterocycles. The summed E-state index contributed by atoms with van der Waals surface area (Å²) in [5.41, 5.74) is 3.24. The third-order valence-electron chi connectivity index (χ3n) is 4.88. The summed E-state index contributed by atoms with van der Waals surface area (Å²) in [4.78, 5) is 0.277. The highest BCUT2D eigenvalue weighted by Crippen LogP contribution is 2.38. The van der Waals surface area contributed by atoms with E-state index in [2.05, 4.69) is 37.0 Å². The van der Waals surface area contributed by atoms with Gasteiger partial charge in [-0.05, 0) is 53.9 Å². The van der Waals surface area contributed by atoms with Crippen LogP contribution in [0.4, 0.5) is 0 Å². The summed E-state index contributed by atoms with van der Waals surface area (Å²) in [6.45, 7) is 1.80. The van der Waals surface area contributed by atoms with Crippen LogP contribution in [0.5, 0.6) is 0 Å². The van der Waals surface area contributed by atoms with Crippen LogP contribution in [0.1, 0.15) is 29.2 Å². The first-order chi connectivity index (χ1) is 13.9. The molecule has 148 valence electrons. The van der Waals surface area contributed by atoms with Crippen molar-refractivity contribution in [1.82, 2.24) is 4.41 Å². The Bertz CT molecular complexity index is 1210. The Morgan fingerprint density at radius 1 is 0.931 bits per heavy atom. The lowest BCUT2D eigenvalue weighted by Crippen LogP contribution is -2.28. The number of benzene rings is 3. The monoisotopic (exact) mass is 532 g/mol. The Kier molecular flexibility index (Phi) is 5.64. The van der Waals surface area contributed by atoms with Gasteiger partial charge in [-0.25, -0.2) is 0 Å². The molecule has 3 aromatic rings. The molecule has 0 saturated carbocycles. The molecule has 0 bridgehead atoms. The number of aryl methyl sites for hydroxylation is 1. The fourth-order valence-electron chi connectivity index (χ4n) is 3.46. The molecule has 0 radical (unpaired) electrons. The van der Waals surface area contributed by atoms with E-state index in [1.807, 2.05) is 54.6 Å². The molecule has 0 spiro atoms. The van der Waals surface area contributed by atoms with Crippen molar-refractivity contribution in [2.45, 2.75) is 24.3 Å². The molecule has 29 heavy (non-hydrogen) atoms. The molecule has 0 saturated heterocycles. The van der Waals surface area contributed by atoms with Gasteiger partial charge >= 0.3 is 0 Å². The first kappa shape index (κ1) is 20.3. The molecule has 3 aromatic carbocycles. The van der Waals surface area contributed by atoms with Gasteiger partial charge < -0.3 is 0 Å². The lowest BCUT2D eigenvalue weighted by Gasteiger charge is -2.24. The van der Waals surface area contributed by atoms with Crippen LogP contribution in [0.2, 0.25) is 0 Å². The Morgan fingerprint density at radius 3 is 2.31 bits per heavy atom. The first-order valence-electron chi connectivity index (χ1n) is 9.05. The van der Waals surface area contributed by atoms with Crippen molar-refractivity contribution in [2.24, 2.45) is 5.10 Å². The maximum absolute atomic E-state index is 13.6. The summed E-state index contributed by atoms with van der Waals surface area (Å²) in [7, 11) is -3.81. The van der Waals surface area contributed by atoms with E-state index in [0.717, 1.165) is 25.8 Å². The van der Waals surface area contributed by atoms with Crippen LogP contribution in [0.25, 0.3) is 0 Å². The number of halogens is 2. The van der Waals surface area contributed by atoms with Crippen molar-refractivity contribution in [3.63, 3.8) is 0 Å². The van der Waals surface area contributed by atoms with E-state index in [-0.39, 0.29) is 4.90 Å². The molecular formula is C22H18Br2N2O2S. The molecular weight excluding hydrogens is 516 g/mol. The molecule has 4 rings (SSSR count). The van der Waals surface area contributed by atoms with E-state index in [9.17, 15) is 8.42 Å². The number of rotatable bonds is 4. The minimum atomic E-state index is -3.81. The summed E-state index contributed by atoms with van der Waals surface area (Å²) < 4.78 is 30.2. The van der Waals surface area contributed by atoms with E-state index in [0.29, 0.717) is 12.0 Å². The van der Waals surface area contributed by atoms with Crippen LogP contribution in [-0.4, -0.2) is 18.5 Å². The zero-order valence-electron chi connectivity index (χ0n) is 15.6. The van der Waals surface area contributed by atoms with Crippen molar-refractivity contribution in [3.05, 3.63) is 98.4 Å². The van der Waals surface area contributed by atoms with Gasteiger partial charge in [0.2, 0.25) is 0 Å². The van der Waals surface area contributed by atoms with Gasteiger partial charge in [-0.1, -0.05) is 74.3 Å². The quantitative estimate of drug-likeness (QED) is 0.409. The van der Waals surface area contributed by atoms with Crippen LogP contribution in [0.15, 0.2) is 91.7 Å². The van der Waals surface area contributed by atoms with Crippen LogP contribution in [-0.2, 0) is 10.0 Å². The molecule has 0 fully saturated rings. The van der Waals surface area contributed by atoms with Gasteiger partial charge in [-0.2, -0.15) is 17.9 Å². The number of hydrogen-bond acceptors (Lipinski definition) is 3. The maximum atomic E-state index is 13.6. The van der Waals surface area contributed by atoms with Crippen molar-refractivity contribution < 1.29 is 8.42 Å². The van der Waals surface area contributed by atoms with Gasteiger partial charge in [0.05, 0.1) is 16.6 Å². The molecule has 1 atom stereocenters. The smallest absolute Gasteiger partial charge is 0.200 e. The molecule has 1 heterocycles. The van der Waals surface area contributed by atoms with Gasteiger partial charge in [-0.15, -0.1) is 0 Å². The van der Waals surface area contributed by atoms with E-state index in [1.165, 1.54) is 4.41 Å². The minimum absolute atomic E-state index is 0.277. The van der Waals surface area contributed by atoms with E-state index in [1.54, 1.807) is 25.1 Å². The van der Waals surface area contributed by atoms with E-state index < -0.39 is 16.1 Å². The normalized spacial score (nSPS) is 16.7. The minimum Gasteiger partial charge on any atom is -0.200 e. The molecule has 0 aliphatic carbocycles. The molecule has 0 unspecified atom stereocenters. The molecule has 7 heteroatoms. The van der Waals surface area contributed by atoms with Crippen molar-refractivity contribution in [3.8, 4) is 0 Å². The second-order valence-corrected chi connectivity index (χ2v) is 10.5. The average Bonchev–Trinajstić information content (AvgIpc) is 3.15. The topological polar surface area (TPSA) is 49.7 Å². The number of hydrogen-bond donors (Lipinski definition) is 0. The summed E-state index contributed by atoms with van der Waals surface area (Å²) in [6, 6.07) is 22.1. The summed E-state index contributed by atoms with van der Waals surface area (Å²) in [5.74, 6) is 0. The second-order valence-electron chi connectivity index (χ2n) is 6.88. The molecule has 0 N–H and O–H groups in total. The van der Waals surface area contributed by atoms with Crippen LogP contribution >= 0.6 is 31.9 Å². The molecule has 0 amide bonds. The molecule has 4 nitrogen and oxygen atoms in total. The predicted molar refractivity (Wildman–Crippen MR) is 122 cm³/mol. The van der Waals surface area contributed by atoms with Crippen molar-refractivity contribution in [1.29, 1.82) is 0 Å². The van der Waals surface area contributed by atoms with Gasteiger partial charge in [0.1, 0.15) is 0 Å². The largest absolute Gasteiger partial charge is 0.279 e. The Morgan fingerprint density at radius 2 is 1.62 bits per heavy atom. The van der Waals surface area contributed by atoms with Gasteiger partial charge in [0.15, 0.2) is 0 Å². The Hall–Kier alpha value is -1.96. The van der Waals surface area contributed by atoms with Crippen LogP contribution in [0.3, 0.4) is 0 Å². The third-order valence-corrected chi connectivity index (χ3v) is 7.71. The lowest BCUT2D eigenvalue weighted by molar-refractivity contribution is 0.371. The van der Waals surface area contributed by atoms with Crippen molar-refractivity contribution >= 4 is 47.6 Å². The summed E-state index contributed by atoms with van der Waals surface area (Å²) in [6.07, 6.45) is 0.498. The maximum Gasteiger partial charge on any atom is 0.279 e. The number of sulfonamides is 1. The van der Waals surface area contributed by atoms with Crippen LogP contribution < -0.4 is 0 Å². The van der Waals surface area contributed by atoms with Gasteiger partial charge in [0, 0.05) is 15.4 Å². The first-order valence-corrected chi connectivity index (χ1v) is 12.1. The van der Waals surface area contributed by atoms with Gasteiger partial charge in [-0.3, -0.25) is 0 Å². The predicted octanol–water partition coefficient (Wildman–Crippen LogP) is 6.06. The highest BCUT2D eigenvalue weighted by molar-refractivity contribution is 9.10. The van der Waals surface area contributed by atoms with E-state index in [4.69, 9.17) is 0 Å². The molecule has 1 aliphatic rings. The van der Waals surface area contributed by atoms with Crippen molar-refractivity contribution in [2.75, 3.05) is 0 Å². The molecule has 0 aromatic heterocycles. The average molecular weight is 534 g/mol.